The molecular weight excluding hydrogens is 115 g/mol. The largest absolute Gasteiger partial charge is 0.453 e. The van der Waals surface area contributed by atoms with Crippen LogP contribution in [0.1, 0.15) is 13.8 Å². The second-order valence-electron chi connectivity index (χ2n) is 2.82. The minimum atomic E-state index is 0.0115. The van der Waals surface area contributed by atoms with E-state index in [-0.39, 0.29) is 7.12 Å². The second kappa shape index (κ2) is 2.71. The van der Waals surface area contributed by atoms with Crippen LogP contribution in [-0.2, 0) is 9.31 Å². The van der Waals surface area contributed by atoms with Gasteiger partial charge in [-0.05, 0) is 12.7 Å². The molecule has 0 saturated carbocycles. The van der Waals surface area contributed by atoms with Crippen LogP contribution in [0.2, 0.25) is 6.82 Å². The molecule has 0 radical (unpaired) electrons. The van der Waals surface area contributed by atoms with Gasteiger partial charge in [-0.15, -0.1) is 0 Å². The van der Waals surface area contributed by atoms with E-state index in [1.54, 1.807) is 0 Å². The summed E-state index contributed by atoms with van der Waals surface area (Å²) in [5.41, 5.74) is 0. The van der Waals surface area contributed by atoms with Crippen LogP contribution in [0.5, 0.6) is 0 Å². The van der Waals surface area contributed by atoms with E-state index in [9.17, 15) is 0 Å². The van der Waals surface area contributed by atoms with E-state index < -0.39 is 0 Å². The summed E-state index contributed by atoms with van der Waals surface area (Å²) < 4.78 is 10.6. The van der Waals surface area contributed by atoms with Crippen molar-refractivity contribution >= 4 is 7.12 Å². The maximum atomic E-state index is 5.40. The molecule has 9 heavy (non-hydrogen) atoms. The van der Waals surface area contributed by atoms with Crippen molar-refractivity contribution in [2.24, 2.45) is 5.92 Å². The van der Waals surface area contributed by atoms with E-state index in [4.69, 9.17) is 9.31 Å². The summed E-state index contributed by atoms with van der Waals surface area (Å²) in [7, 11) is 0.0115. The van der Waals surface area contributed by atoms with Crippen molar-refractivity contribution in [3.05, 3.63) is 0 Å². The summed E-state index contributed by atoms with van der Waals surface area (Å²) in [6, 6.07) is 0. The van der Waals surface area contributed by atoms with Crippen LogP contribution < -0.4 is 0 Å². The van der Waals surface area contributed by atoms with Crippen LogP contribution >= 0.6 is 0 Å². The minimum Gasteiger partial charge on any atom is -0.409 e. The van der Waals surface area contributed by atoms with Gasteiger partial charge in [-0.1, -0.05) is 13.8 Å². The molecule has 1 saturated heterocycles. The Kier molecular flexibility index (Phi) is 2.14. The molecular formula is C6H13BO2. The fraction of sp³-hybridized carbons (Fsp3) is 1.00. The summed E-state index contributed by atoms with van der Waals surface area (Å²) in [4.78, 5) is 0. The van der Waals surface area contributed by atoms with Crippen molar-refractivity contribution in [3.8, 4) is 0 Å². The van der Waals surface area contributed by atoms with Gasteiger partial charge >= 0.3 is 7.12 Å². The third-order valence-corrected chi connectivity index (χ3v) is 1.61. The minimum absolute atomic E-state index is 0.0115. The average Bonchev–Trinajstić information content (AvgIpc) is 2.14. The Hall–Kier alpha value is -0.0151. The van der Waals surface area contributed by atoms with Gasteiger partial charge in [-0.2, -0.15) is 0 Å². The first kappa shape index (κ1) is 7.10. The predicted molar refractivity (Wildman–Crippen MR) is 37.3 cm³/mol. The van der Waals surface area contributed by atoms with Crippen molar-refractivity contribution in [2.45, 2.75) is 26.8 Å². The van der Waals surface area contributed by atoms with Gasteiger partial charge in [0.05, 0.1) is 12.7 Å². The monoisotopic (exact) mass is 128 g/mol. The third kappa shape index (κ3) is 1.70. The van der Waals surface area contributed by atoms with Gasteiger partial charge < -0.3 is 9.31 Å². The molecule has 0 spiro atoms. The Labute approximate surface area is 56.7 Å². The van der Waals surface area contributed by atoms with Gasteiger partial charge in [0.25, 0.3) is 0 Å². The van der Waals surface area contributed by atoms with Crippen LogP contribution in [0, 0.1) is 5.92 Å². The molecule has 0 bridgehead atoms. The van der Waals surface area contributed by atoms with Crippen molar-refractivity contribution in [2.75, 3.05) is 6.61 Å². The smallest absolute Gasteiger partial charge is 0.409 e. The standard InChI is InChI=1S/C6H13BO2/c1-5(2)6-4-8-7(3)9-6/h5-6H,4H2,1-3H3. The van der Waals surface area contributed by atoms with E-state index in [1.165, 1.54) is 0 Å². The van der Waals surface area contributed by atoms with Gasteiger partial charge in [0.2, 0.25) is 0 Å². The summed E-state index contributed by atoms with van der Waals surface area (Å²) in [6.07, 6.45) is 0.319. The fourth-order valence-corrected chi connectivity index (χ4v) is 0.905. The zero-order valence-electron chi connectivity index (χ0n) is 6.26. The molecule has 0 aromatic rings. The predicted octanol–water partition coefficient (Wildman–Crippen LogP) is 1.18. The van der Waals surface area contributed by atoms with E-state index in [1.807, 2.05) is 6.82 Å². The Morgan fingerprint density at radius 1 is 1.56 bits per heavy atom. The highest BCUT2D eigenvalue weighted by atomic mass is 16.6. The SMILES string of the molecule is CB1OCC(C(C)C)O1. The number of hydrogen-bond donors (Lipinski definition) is 0. The van der Waals surface area contributed by atoms with Crippen LogP contribution in [0.4, 0.5) is 0 Å². The normalized spacial score (nSPS) is 28.0. The fourth-order valence-electron chi connectivity index (χ4n) is 0.905. The lowest BCUT2D eigenvalue weighted by Gasteiger charge is -2.11. The first-order valence-corrected chi connectivity index (χ1v) is 3.47. The Balaban J connectivity index is 2.30. The molecule has 3 heteroatoms. The molecule has 1 aliphatic heterocycles. The van der Waals surface area contributed by atoms with Crippen molar-refractivity contribution in [3.63, 3.8) is 0 Å². The molecule has 1 unspecified atom stereocenters. The second-order valence-corrected chi connectivity index (χ2v) is 2.82. The van der Waals surface area contributed by atoms with Gasteiger partial charge in [0, 0.05) is 0 Å². The lowest BCUT2D eigenvalue weighted by Crippen LogP contribution is -2.18. The first-order valence-electron chi connectivity index (χ1n) is 3.47. The molecule has 0 aromatic carbocycles. The van der Waals surface area contributed by atoms with Gasteiger partial charge in [0.1, 0.15) is 0 Å². The summed E-state index contributed by atoms with van der Waals surface area (Å²) in [5.74, 6) is 0.579. The Bertz CT molecular complexity index is 95.1. The van der Waals surface area contributed by atoms with Crippen LogP contribution in [0.25, 0.3) is 0 Å². The van der Waals surface area contributed by atoms with E-state index in [0.29, 0.717) is 12.0 Å². The Morgan fingerprint density at radius 3 is 2.44 bits per heavy atom. The van der Waals surface area contributed by atoms with Crippen molar-refractivity contribution < 1.29 is 9.31 Å². The number of hydrogen-bond acceptors (Lipinski definition) is 2. The van der Waals surface area contributed by atoms with Crippen LogP contribution in [0.3, 0.4) is 0 Å². The highest BCUT2D eigenvalue weighted by Gasteiger charge is 2.28. The highest BCUT2D eigenvalue weighted by molar-refractivity contribution is 6.43. The van der Waals surface area contributed by atoms with Crippen molar-refractivity contribution in [1.29, 1.82) is 0 Å². The molecule has 1 fully saturated rings. The summed E-state index contributed by atoms with van der Waals surface area (Å²) in [5, 5.41) is 0. The lowest BCUT2D eigenvalue weighted by atomic mass is 9.96. The summed E-state index contributed by atoms with van der Waals surface area (Å²) in [6.45, 7) is 6.99. The van der Waals surface area contributed by atoms with Crippen LogP contribution in [-0.4, -0.2) is 19.8 Å². The molecule has 0 aromatic heterocycles. The first-order chi connectivity index (χ1) is 4.20. The molecule has 0 aliphatic carbocycles. The molecule has 0 amide bonds. The highest BCUT2D eigenvalue weighted by Crippen LogP contribution is 2.15. The molecule has 1 heterocycles. The van der Waals surface area contributed by atoms with Crippen LogP contribution in [0.15, 0.2) is 0 Å². The lowest BCUT2D eigenvalue weighted by molar-refractivity contribution is 0.178. The molecule has 2 nitrogen and oxygen atoms in total. The zero-order valence-corrected chi connectivity index (χ0v) is 6.26. The van der Waals surface area contributed by atoms with E-state index in [0.717, 1.165) is 6.61 Å². The van der Waals surface area contributed by atoms with Gasteiger partial charge in [-0.3, -0.25) is 0 Å². The molecule has 1 aliphatic rings. The molecule has 1 rings (SSSR count). The van der Waals surface area contributed by atoms with Crippen molar-refractivity contribution in [1.82, 2.24) is 0 Å². The maximum absolute atomic E-state index is 5.40. The summed E-state index contributed by atoms with van der Waals surface area (Å²) >= 11 is 0. The topological polar surface area (TPSA) is 18.5 Å². The molecule has 0 N–H and O–H groups in total. The molecule has 1 atom stereocenters. The Morgan fingerprint density at radius 2 is 2.22 bits per heavy atom. The molecule has 52 valence electrons. The quantitative estimate of drug-likeness (QED) is 0.493. The van der Waals surface area contributed by atoms with Gasteiger partial charge in [0.15, 0.2) is 0 Å². The van der Waals surface area contributed by atoms with E-state index in [2.05, 4.69) is 13.8 Å². The third-order valence-electron chi connectivity index (χ3n) is 1.61. The van der Waals surface area contributed by atoms with Gasteiger partial charge in [-0.25, -0.2) is 0 Å². The van der Waals surface area contributed by atoms with E-state index >= 15 is 0 Å². The number of rotatable bonds is 1. The maximum Gasteiger partial charge on any atom is 0.453 e. The average molecular weight is 128 g/mol. The zero-order chi connectivity index (χ0) is 6.85.